The predicted molar refractivity (Wildman–Crippen MR) is 119 cm³/mol. The molecular formula is C22H27FN4O4S. The summed E-state index contributed by atoms with van der Waals surface area (Å²) in [6.07, 6.45) is 4.71. The second-order valence-corrected chi connectivity index (χ2v) is 11.7. The zero-order valence-corrected chi connectivity index (χ0v) is 19.3. The molecule has 1 aliphatic carbocycles. The van der Waals surface area contributed by atoms with E-state index in [-0.39, 0.29) is 22.8 Å². The van der Waals surface area contributed by atoms with Gasteiger partial charge in [0.15, 0.2) is 9.84 Å². The smallest absolute Gasteiger partial charge is 0.215 e. The minimum Gasteiger partial charge on any atom is -0.495 e. The van der Waals surface area contributed by atoms with Crippen LogP contribution in [0.15, 0.2) is 35.5 Å². The van der Waals surface area contributed by atoms with Crippen LogP contribution in [-0.4, -0.2) is 51.9 Å². The minimum atomic E-state index is -3.72. The van der Waals surface area contributed by atoms with Crippen molar-refractivity contribution in [3.05, 3.63) is 36.5 Å². The molecule has 1 aliphatic rings. The molecule has 0 aromatic carbocycles. The second kappa shape index (κ2) is 8.00. The summed E-state index contributed by atoms with van der Waals surface area (Å²) >= 11 is 0. The Balaban J connectivity index is 1.81. The molecule has 0 radical (unpaired) electrons. The molecule has 0 saturated heterocycles. The van der Waals surface area contributed by atoms with Crippen LogP contribution in [0.2, 0.25) is 0 Å². The molecule has 3 aromatic rings. The molecule has 0 amide bonds. The number of nitrogens with one attached hydrogen (secondary N) is 1. The third-order valence-electron chi connectivity index (χ3n) is 5.74. The molecule has 172 valence electrons. The van der Waals surface area contributed by atoms with Crippen molar-refractivity contribution in [2.24, 2.45) is 0 Å². The number of pyridine rings is 2. The Kier molecular flexibility index (Phi) is 5.62. The molecule has 1 fully saturated rings. The monoisotopic (exact) mass is 462 g/mol. The maximum absolute atomic E-state index is 14.4. The van der Waals surface area contributed by atoms with Crippen molar-refractivity contribution in [1.29, 1.82) is 0 Å². The summed E-state index contributed by atoms with van der Waals surface area (Å²) in [7, 11) is -2.31. The highest BCUT2D eigenvalue weighted by Crippen LogP contribution is 2.35. The van der Waals surface area contributed by atoms with E-state index < -0.39 is 20.5 Å². The van der Waals surface area contributed by atoms with Gasteiger partial charge in [0.25, 0.3) is 0 Å². The lowest BCUT2D eigenvalue weighted by atomic mass is 10.2. The van der Waals surface area contributed by atoms with Gasteiger partial charge in [0, 0.05) is 29.9 Å². The van der Waals surface area contributed by atoms with Crippen molar-refractivity contribution in [1.82, 2.24) is 14.4 Å². The summed E-state index contributed by atoms with van der Waals surface area (Å²) in [5.41, 5.74) is 1.48. The van der Waals surface area contributed by atoms with Crippen molar-refractivity contribution in [3.63, 3.8) is 0 Å². The number of aliphatic hydroxyl groups excluding tert-OH is 1. The van der Waals surface area contributed by atoms with Crippen molar-refractivity contribution >= 4 is 21.3 Å². The number of halogens is 1. The number of anilines is 1. The summed E-state index contributed by atoms with van der Waals surface area (Å²) < 4.78 is 46.6. The molecule has 0 bridgehead atoms. The van der Waals surface area contributed by atoms with Crippen LogP contribution in [0.5, 0.6) is 5.75 Å². The Bertz CT molecular complexity index is 1270. The van der Waals surface area contributed by atoms with E-state index in [1.54, 1.807) is 43.5 Å². The number of rotatable bonds is 5. The number of nitrogens with zero attached hydrogens (tertiary/aromatic N) is 3. The van der Waals surface area contributed by atoms with Gasteiger partial charge in [-0.15, -0.1) is 0 Å². The summed E-state index contributed by atoms with van der Waals surface area (Å²) in [6, 6.07) is 4.54. The first kappa shape index (κ1) is 22.5. The van der Waals surface area contributed by atoms with Crippen LogP contribution < -0.4 is 10.1 Å². The van der Waals surface area contributed by atoms with Crippen molar-refractivity contribution < 1.29 is 22.7 Å². The largest absolute Gasteiger partial charge is 0.495 e. The Morgan fingerprint density at radius 3 is 2.62 bits per heavy atom. The molecule has 0 spiro atoms. The van der Waals surface area contributed by atoms with E-state index in [0.29, 0.717) is 35.6 Å². The maximum Gasteiger partial charge on any atom is 0.215 e. The zero-order valence-electron chi connectivity index (χ0n) is 18.5. The molecule has 0 aliphatic heterocycles. The fourth-order valence-corrected chi connectivity index (χ4v) is 5.22. The van der Waals surface area contributed by atoms with Crippen LogP contribution in [0.3, 0.4) is 0 Å². The van der Waals surface area contributed by atoms with E-state index in [4.69, 9.17) is 4.74 Å². The third kappa shape index (κ3) is 4.04. The number of ether oxygens (including phenoxy) is 1. The highest BCUT2D eigenvalue weighted by atomic mass is 32.2. The van der Waals surface area contributed by atoms with E-state index in [0.717, 1.165) is 6.42 Å². The normalized spacial score (nSPS) is 19.4. The van der Waals surface area contributed by atoms with Gasteiger partial charge in [-0.05, 0) is 46.1 Å². The highest BCUT2D eigenvalue weighted by Gasteiger charge is 2.34. The number of methoxy groups -OCH3 is 1. The summed E-state index contributed by atoms with van der Waals surface area (Å²) in [6.45, 7) is 4.87. The van der Waals surface area contributed by atoms with Crippen LogP contribution in [0, 0.1) is 5.95 Å². The average Bonchev–Trinajstić information content (AvgIpc) is 3.31. The van der Waals surface area contributed by atoms with Gasteiger partial charge in [0.05, 0.1) is 29.9 Å². The van der Waals surface area contributed by atoms with Crippen molar-refractivity contribution in [3.8, 4) is 17.0 Å². The summed E-state index contributed by atoms with van der Waals surface area (Å²) in [5, 5.41) is 12.9. The van der Waals surface area contributed by atoms with Gasteiger partial charge in [-0.3, -0.25) is 4.40 Å². The zero-order chi connectivity index (χ0) is 23.3. The van der Waals surface area contributed by atoms with E-state index in [2.05, 4.69) is 15.3 Å². The molecule has 1 unspecified atom stereocenters. The van der Waals surface area contributed by atoms with Gasteiger partial charge in [-0.2, -0.15) is 4.39 Å². The average molecular weight is 463 g/mol. The van der Waals surface area contributed by atoms with E-state index in [1.807, 2.05) is 0 Å². The lowest BCUT2D eigenvalue weighted by Gasteiger charge is -2.21. The molecular weight excluding hydrogens is 435 g/mol. The molecule has 1 saturated carbocycles. The van der Waals surface area contributed by atoms with Crippen LogP contribution in [0.25, 0.3) is 16.9 Å². The molecule has 3 heterocycles. The van der Waals surface area contributed by atoms with Crippen molar-refractivity contribution in [2.45, 2.75) is 61.8 Å². The van der Waals surface area contributed by atoms with E-state index in [1.165, 1.54) is 19.4 Å². The van der Waals surface area contributed by atoms with Gasteiger partial charge >= 0.3 is 0 Å². The van der Waals surface area contributed by atoms with E-state index in [9.17, 15) is 17.9 Å². The Morgan fingerprint density at radius 2 is 2.00 bits per heavy atom. The minimum absolute atomic E-state index is 0.0159. The van der Waals surface area contributed by atoms with Gasteiger partial charge in [-0.1, -0.05) is 0 Å². The number of hydrogen-bond donors (Lipinski definition) is 2. The van der Waals surface area contributed by atoms with Gasteiger partial charge in [0.2, 0.25) is 5.95 Å². The first-order chi connectivity index (χ1) is 15.0. The topological polar surface area (TPSA) is 106 Å². The van der Waals surface area contributed by atoms with Crippen LogP contribution in [0.4, 0.5) is 10.2 Å². The first-order valence-corrected chi connectivity index (χ1v) is 11.9. The summed E-state index contributed by atoms with van der Waals surface area (Å²) in [4.78, 5) is 8.31. The molecule has 32 heavy (non-hydrogen) atoms. The number of aliphatic hydroxyl groups is 1. The van der Waals surface area contributed by atoms with Gasteiger partial charge < -0.3 is 15.2 Å². The number of fused-ring (bicyclic) bond motifs is 1. The van der Waals surface area contributed by atoms with Crippen LogP contribution in [-0.2, 0) is 9.84 Å². The molecule has 8 nitrogen and oxygen atoms in total. The Hall–Kier alpha value is -2.72. The molecule has 3 aromatic heterocycles. The lowest BCUT2D eigenvalue weighted by Crippen LogP contribution is -2.28. The molecule has 10 heteroatoms. The van der Waals surface area contributed by atoms with Crippen LogP contribution >= 0.6 is 0 Å². The summed E-state index contributed by atoms with van der Waals surface area (Å²) in [5.74, 6) is -0.118. The quantitative estimate of drug-likeness (QED) is 0.560. The van der Waals surface area contributed by atoms with Gasteiger partial charge in [0.1, 0.15) is 22.1 Å². The van der Waals surface area contributed by atoms with Crippen LogP contribution in [0.1, 0.15) is 40.0 Å². The second-order valence-electron chi connectivity index (χ2n) is 9.07. The fraction of sp³-hybridized carbons (Fsp3) is 0.455. The number of hydrogen-bond acceptors (Lipinski definition) is 7. The number of imidazole rings is 1. The van der Waals surface area contributed by atoms with Gasteiger partial charge in [-0.25, -0.2) is 18.4 Å². The highest BCUT2D eigenvalue weighted by molar-refractivity contribution is 7.92. The number of sulfone groups is 1. The Morgan fingerprint density at radius 1 is 1.25 bits per heavy atom. The standard InChI is InChI=1S/C22H27FN4O4S/c1-22(2,3)32(29,30)18-12-27-16(11-24-21(27)10-17(18)31-4)13-7-19(23)26-20(8-13)25-14-5-6-15(28)9-14/h7-8,10-12,14-15,28H,5-6,9H2,1-4H3,(H,25,26)/t14?,15-/m1/s1. The third-order valence-corrected chi connectivity index (χ3v) is 8.24. The van der Waals surface area contributed by atoms with Crippen molar-refractivity contribution in [2.75, 3.05) is 12.4 Å². The number of aromatic nitrogens is 3. The maximum atomic E-state index is 14.4. The predicted octanol–water partition coefficient (Wildman–Crippen LogP) is 3.44. The SMILES string of the molecule is COc1cc2ncc(-c3cc(F)nc(NC4CC[C@@H](O)C4)c3)n2cc1S(=O)(=O)C(C)(C)C. The molecule has 2 N–H and O–H groups in total. The molecule has 2 atom stereocenters. The fourth-order valence-electron chi connectivity index (χ4n) is 3.91. The van der Waals surface area contributed by atoms with E-state index >= 15 is 0 Å². The first-order valence-electron chi connectivity index (χ1n) is 10.4. The Labute approximate surface area is 186 Å². The molecule has 4 rings (SSSR count). The lowest BCUT2D eigenvalue weighted by molar-refractivity contribution is 0.182.